The molecule has 0 spiro atoms. The topological polar surface area (TPSA) is 96.0 Å². The highest BCUT2D eigenvalue weighted by Gasteiger charge is 2.13. The van der Waals surface area contributed by atoms with Crippen LogP contribution in [0.2, 0.25) is 0 Å². The van der Waals surface area contributed by atoms with Crippen molar-refractivity contribution in [3.63, 3.8) is 0 Å². The van der Waals surface area contributed by atoms with E-state index in [0.29, 0.717) is 17.1 Å². The lowest BCUT2D eigenvalue weighted by Gasteiger charge is -2.14. The molecule has 0 aliphatic rings. The number of rotatable bonds is 4. The Morgan fingerprint density at radius 1 is 0.769 bits per heavy atom. The Kier molecular flexibility index (Phi) is 5.19. The molecule has 2 aromatic heterocycles. The monoisotopic (exact) mass is 347 g/mol. The number of amides is 3. The molecule has 3 amide bonds. The van der Waals surface area contributed by atoms with Gasteiger partial charge in [-0.05, 0) is 24.3 Å². The minimum Gasteiger partial charge on any atom is -0.324 e. The van der Waals surface area contributed by atoms with Gasteiger partial charge in [-0.1, -0.05) is 18.2 Å². The minimum absolute atomic E-state index is 0.204. The first-order valence-electron chi connectivity index (χ1n) is 7.92. The molecule has 2 heterocycles. The summed E-state index contributed by atoms with van der Waals surface area (Å²) in [6.07, 6.45) is 6.35. The third-order valence-electron chi connectivity index (χ3n) is 3.52. The molecule has 0 atom stereocenters. The van der Waals surface area contributed by atoms with Crippen molar-refractivity contribution in [2.24, 2.45) is 0 Å². The van der Waals surface area contributed by atoms with E-state index in [-0.39, 0.29) is 11.9 Å². The molecule has 0 unspecified atom stereocenters. The van der Waals surface area contributed by atoms with Crippen LogP contribution < -0.4 is 16.0 Å². The Balaban J connectivity index is 1.87. The quantitative estimate of drug-likeness (QED) is 0.670. The van der Waals surface area contributed by atoms with Crippen LogP contribution >= 0.6 is 0 Å². The summed E-state index contributed by atoms with van der Waals surface area (Å²) in [5.74, 6) is -0.204. The summed E-state index contributed by atoms with van der Waals surface area (Å²) in [5.41, 5.74) is 3.19. The normalized spacial score (nSPS) is 10.0. The Morgan fingerprint density at radius 2 is 1.35 bits per heavy atom. The van der Waals surface area contributed by atoms with Gasteiger partial charge in [-0.25, -0.2) is 4.79 Å². The van der Waals surface area contributed by atoms with Crippen LogP contribution in [0.5, 0.6) is 0 Å². The fourth-order valence-corrected chi connectivity index (χ4v) is 2.45. The van der Waals surface area contributed by atoms with Gasteiger partial charge in [0.05, 0.1) is 23.8 Å². The number of hydrogen-bond acceptors (Lipinski definition) is 4. The first-order chi connectivity index (χ1) is 12.6. The van der Waals surface area contributed by atoms with E-state index in [0.717, 1.165) is 11.1 Å². The predicted octanol–water partition coefficient (Wildman–Crippen LogP) is 3.75. The third kappa shape index (κ3) is 4.21. The lowest BCUT2D eigenvalue weighted by atomic mass is 10.0. The van der Waals surface area contributed by atoms with Crippen molar-refractivity contribution < 1.29 is 9.59 Å². The molecule has 3 N–H and O–H groups in total. The van der Waals surface area contributed by atoms with E-state index in [1.54, 1.807) is 49.1 Å². The molecule has 26 heavy (non-hydrogen) atoms. The molecule has 3 rings (SSSR count). The molecule has 130 valence electrons. The van der Waals surface area contributed by atoms with Crippen LogP contribution in [0.3, 0.4) is 0 Å². The smallest absolute Gasteiger partial charge is 0.323 e. The summed E-state index contributed by atoms with van der Waals surface area (Å²) < 4.78 is 0. The number of hydrogen-bond donors (Lipinski definition) is 3. The molecule has 0 aliphatic heterocycles. The maximum absolute atomic E-state index is 12.3. The maximum atomic E-state index is 12.3. The summed E-state index contributed by atoms with van der Waals surface area (Å²) in [5, 5.41) is 8.29. The van der Waals surface area contributed by atoms with Crippen LogP contribution in [0, 0.1) is 0 Å². The summed E-state index contributed by atoms with van der Waals surface area (Å²) >= 11 is 0. The van der Waals surface area contributed by atoms with Gasteiger partial charge >= 0.3 is 6.03 Å². The molecule has 0 saturated carbocycles. The van der Waals surface area contributed by atoms with Gasteiger partial charge < -0.3 is 16.0 Å². The van der Waals surface area contributed by atoms with Crippen LogP contribution in [-0.4, -0.2) is 21.9 Å². The van der Waals surface area contributed by atoms with Gasteiger partial charge in [-0.3, -0.25) is 14.8 Å². The lowest BCUT2D eigenvalue weighted by molar-refractivity contribution is -0.114. The van der Waals surface area contributed by atoms with Crippen molar-refractivity contribution in [3.05, 3.63) is 67.3 Å². The van der Waals surface area contributed by atoms with Crippen LogP contribution in [-0.2, 0) is 4.79 Å². The van der Waals surface area contributed by atoms with E-state index >= 15 is 0 Å². The molecule has 7 heteroatoms. The van der Waals surface area contributed by atoms with Crippen LogP contribution in [0.4, 0.5) is 21.9 Å². The Morgan fingerprint density at radius 3 is 1.92 bits per heavy atom. The molecule has 0 fully saturated rings. The minimum atomic E-state index is -0.388. The zero-order valence-corrected chi connectivity index (χ0v) is 14.1. The van der Waals surface area contributed by atoms with Crippen molar-refractivity contribution >= 4 is 29.0 Å². The summed E-state index contributed by atoms with van der Waals surface area (Å²) in [6.45, 7) is 1.43. The summed E-state index contributed by atoms with van der Waals surface area (Å²) in [7, 11) is 0. The standard InChI is InChI=1S/C19H17N5O2/c1-13(25)22-17-11-20-9-7-15(17)16-8-10-21-12-18(16)24-19(26)23-14-5-3-2-4-6-14/h2-12H,1H3,(H,22,25)(H2,23,24,26). The van der Waals surface area contributed by atoms with E-state index in [4.69, 9.17) is 0 Å². The van der Waals surface area contributed by atoms with Gasteiger partial charge in [0.2, 0.25) is 5.91 Å². The van der Waals surface area contributed by atoms with Gasteiger partial charge in [-0.2, -0.15) is 0 Å². The second-order valence-electron chi connectivity index (χ2n) is 5.47. The number of anilines is 3. The largest absolute Gasteiger partial charge is 0.324 e. The average molecular weight is 347 g/mol. The van der Waals surface area contributed by atoms with Crippen molar-refractivity contribution in [1.29, 1.82) is 0 Å². The second kappa shape index (κ2) is 7.89. The Labute approximate surface area is 150 Å². The number of carbonyl (C=O) groups is 2. The summed E-state index contributed by atoms with van der Waals surface area (Å²) in [4.78, 5) is 31.8. The predicted molar refractivity (Wildman–Crippen MR) is 101 cm³/mol. The molecule has 0 radical (unpaired) electrons. The van der Waals surface area contributed by atoms with Gasteiger partial charge in [-0.15, -0.1) is 0 Å². The van der Waals surface area contributed by atoms with Crippen molar-refractivity contribution in [1.82, 2.24) is 9.97 Å². The summed E-state index contributed by atoms with van der Waals surface area (Å²) in [6, 6.07) is 12.3. The molecular weight excluding hydrogens is 330 g/mol. The van der Waals surface area contributed by atoms with E-state index in [9.17, 15) is 9.59 Å². The van der Waals surface area contributed by atoms with Crippen molar-refractivity contribution in [2.75, 3.05) is 16.0 Å². The maximum Gasteiger partial charge on any atom is 0.323 e. The number of nitrogens with zero attached hydrogens (tertiary/aromatic N) is 2. The fourth-order valence-electron chi connectivity index (χ4n) is 2.45. The molecular formula is C19H17N5O2. The average Bonchev–Trinajstić information content (AvgIpc) is 2.63. The first kappa shape index (κ1) is 17.1. The van der Waals surface area contributed by atoms with E-state index in [1.807, 2.05) is 18.2 Å². The molecule has 3 aromatic rings. The Hall–Kier alpha value is -3.74. The van der Waals surface area contributed by atoms with Crippen LogP contribution in [0.1, 0.15) is 6.92 Å². The lowest BCUT2D eigenvalue weighted by Crippen LogP contribution is -2.20. The number of benzene rings is 1. The van der Waals surface area contributed by atoms with Crippen LogP contribution in [0.25, 0.3) is 11.1 Å². The van der Waals surface area contributed by atoms with Gasteiger partial charge in [0.15, 0.2) is 0 Å². The number of carbonyl (C=O) groups excluding carboxylic acids is 2. The molecule has 7 nitrogen and oxygen atoms in total. The number of urea groups is 1. The molecule has 0 aliphatic carbocycles. The molecule has 1 aromatic carbocycles. The SMILES string of the molecule is CC(=O)Nc1cnccc1-c1ccncc1NC(=O)Nc1ccccc1. The van der Waals surface area contributed by atoms with Crippen LogP contribution in [0.15, 0.2) is 67.3 Å². The highest BCUT2D eigenvalue weighted by Crippen LogP contribution is 2.32. The second-order valence-corrected chi connectivity index (χ2v) is 5.47. The number of nitrogens with one attached hydrogen (secondary N) is 3. The third-order valence-corrected chi connectivity index (χ3v) is 3.52. The highest BCUT2D eigenvalue weighted by molar-refractivity contribution is 6.03. The highest BCUT2D eigenvalue weighted by atomic mass is 16.2. The van der Waals surface area contributed by atoms with E-state index < -0.39 is 0 Å². The zero-order valence-electron chi connectivity index (χ0n) is 14.1. The Bertz CT molecular complexity index is 928. The van der Waals surface area contributed by atoms with Crippen molar-refractivity contribution in [3.8, 4) is 11.1 Å². The van der Waals surface area contributed by atoms with Gasteiger partial charge in [0.1, 0.15) is 0 Å². The molecule has 0 saturated heterocycles. The number of para-hydroxylation sites is 1. The number of pyridine rings is 2. The zero-order chi connectivity index (χ0) is 18.4. The number of aromatic nitrogens is 2. The van der Waals surface area contributed by atoms with E-state index in [2.05, 4.69) is 25.9 Å². The first-order valence-corrected chi connectivity index (χ1v) is 7.92. The van der Waals surface area contributed by atoms with Gasteiger partial charge in [0.25, 0.3) is 0 Å². The van der Waals surface area contributed by atoms with Gasteiger partial charge in [0, 0.05) is 36.1 Å². The van der Waals surface area contributed by atoms with Crippen molar-refractivity contribution in [2.45, 2.75) is 6.92 Å². The molecule has 0 bridgehead atoms. The fraction of sp³-hybridized carbons (Fsp3) is 0.0526. The van der Waals surface area contributed by atoms with E-state index in [1.165, 1.54) is 6.92 Å².